The molecule has 0 unspecified atom stereocenters. The molecule has 0 saturated heterocycles. The third kappa shape index (κ3) is 3.33. The van der Waals surface area contributed by atoms with E-state index >= 15 is 0 Å². The zero-order valence-electron chi connectivity index (χ0n) is 13.0. The summed E-state index contributed by atoms with van der Waals surface area (Å²) in [5, 5.41) is 5.52. The zero-order valence-corrected chi connectivity index (χ0v) is 14.6. The molecule has 2 amide bonds. The molecule has 1 aliphatic rings. The van der Waals surface area contributed by atoms with E-state index < -0.39 is 5.41 Å². The number of aryl methyl sites for hydroxylation is 1. The average molecular weight is 391 g/mol. The largest absolute Gasteiger partial charge is 0.325 e. The van der Waals surface area contributed by atoms with Crippen LogP contribution in [-0.4, -0.2) is 11.8 Å². The molecular weight excluding hydrogens is 375 g/mol. The van der Waals surface area contributed by atoms with Crippen LogP contribution in [0.5, 0.6) is 0 Å². The van der Waals surface area contributed by atoms with Gasteiger partial charge in [0.15, 0.2) is 0 Å². The Labute approximate surface area is 147 Å². The maximum atomic E-state index is 12.9. The van der Waals surface area contributed by atoms with E-state index in [0.29, 0.717) is 24.2 Å². The summed E-state index contributed by atoms with van der Waals surface area (Å²) in [4.78, 5) is 25.1. The molecule has 0 aromatic heterocycles. The minimum absolute atomic E-state index is 0.312. The summed E-state index contributed by atoms with van der Waals surface area (Å²) in [5.74, 6) is -1.05. The molecule has 0 atom stereocenters. The molecule has 1 fully saturated rings. The van der Waals surface area contributed by atoms with E-state index in [1.165, 1.54) is 24.3 Å². The van der Waals surface area contributed by atoms with E-state index in [-0.39, 0.29) is 17.6 Å². The van der Waals surface area contributed by atoms with Crippen LogP contribution < -0.4 is 10.6 Å². The standard InChI is InChI=1S/C18H16BrFN2O2/c1-11-10-12(19)2-7-15(11)22-17(24)18(8-9-18)16(23)21-14-5-3-13(20)4-6-14/h2-7,10H,8-9H2,1H3,(H,21,23)(H,22,24). The van der Waals surface area contributed by atoms with Crippen molar-refractivity contribution in [3.63, 3.8) is 0 Å². The van der Waals surface area contributed by atoms with Gasteiger partial charge in [0, 0.05) is 15.8 Å². The molecule has 2 N–H and O–H groups in total. The predicted molar refractivity (Wildman–Crippen MR) is 94.2 cm³/mol. The normalized spacial score (nSPS) is 14.8. The Morgan fingerprint density at radius 3 is 2.25 bits per heavy atom. The SMILES string of the molecule is Cc1cc(Br)ccc1NC(=O)C1(C(=O)Nc2ccc(F)cc2)CC1. The first kappa shape index (κ1) is 16.6. The quantitative estimate of drug-likeness (QED) is 0.766. The molecule has 2 aromatic carbocycles. The van der Waals surface area contributed by atoms with Gasteiger partial charge < -0.3 is 10.6 Å². The maximum Gasteiger partial charge on any atom is 0.240 e. The zero-order chi connectivity index (χ0) is 17.3. The van der Waals surface area contributed by atoms with Crippen LogP contribution in [0.1, 0.15) is 18.4 Å². The van der Waals surface area contributed by atoms with Gasteiger partial charge in [0.2, 0.25) is 11.8 Å². The Morgan fingerprint density at radius 1 is 1.04 bits per heavy atom. The Bertz CT molecular complexity index is 801. The number of amides is 2. The highest BCUT2D eigenvalue weighted by molar-refractivity contribution is 9.10. The lowest BCUT2D eigenvalue weighted by molar-refractivity contribution is -0.131. The highest BCUT2D eigenvalue weighted by atomic mass is 79.9. The number of hydrogen-bond acceptors (Lipinski definition) is 2. The van der Waals surface area contributed by atoms with E-state index in [1.807, 2.05) is 19.1 Å². The molecule has 0 heterocycles. The molecule has 0 bridgehead atoms. The minimum Gasteiger partial charge on any atom is -0.325 e. The number of anilines is 2. The van der Waals surface area contributed by atoms with Crippen LogP contribution in [-0.2, 0) is 9.59 Å². The first-order valence-electron chi connectivity index (χ1n) is 7.55. The Hall–Kier alpha value is -2.21. The summed E-state index contributed by atoms with van der Waals surface area (Å²) >= 11 is 3.38. The van der Waals surface area contributed by atoms with E-state index in [2.05, 4.69) is 26.6 Å². The molecule has 0 spiro atoms. The van der Waals surface area contributed by atoms with Crippen molar-refractivity contribution < 1.29 is 14.0 Å². The van der Waals surface area contributed by atoms with Crippen molar-refractivity contribution in [2.75, 3.05) is 10.6 Å². The van der Waals surface area contributed by atoms with E-state index in [4.69, 9.17) is 0 Å². The number of rotatable bonds is 4. The van der Waals surface area contributed by atoms with E-state index in [0.717, 1.165) is 10.0 Å². The van der Waals surface area contributed by atoms with E-state index in [1.54, 1.807) is 6.07 Å². The van der Waals surface area contributed by atoms with Gasteiger partial charge in [-0.3, -0.25) is 9.59 Å². The van der Waals surface area contributed by atoms with Gasteiger partial charge in [-0.05, 0) is 67.8 Å². The first-order valence-corrected chi connectivity index (χ1v) is 8.35. The van der Waals surface area contributed by atoms with Gasteiger partial charge in [-0.1, -0.05) is 15.9 Å². The van der Waals surface area contributed by atoms with Crippen LogP contribution in [0.4, 0.5) is 15.8 Å². The van der Waals surface area contributed by atoms with Gasteiger partial charge in [0.05, 0.1) is 0 Å². The minimum atomic E-state index is -1.05. The summed E-state index contributed by atoms with van der Waals surface area (Å²) in [6.45, 7) is 1.89. The van der Waals surface area contributed by atoms with Crippen molar-refractivity contribution in [1.82, 2.24) is 0 Å². The molecule has 0 aliphatic heterocycles. The second-order valence-corrected chi connectivity index (χ2v) is 6.87. The van der Waals surface area contributed by atoms with E-state index in [9.17, 15) is 14.0 Å². The molecule has 1 saturated carbocycles. The van der Waals surface area contributed by atoms with Crippen molar-refractivity contribution in [2.24, 2.45) is 5.41 Å². The van der Waals surface area contributed by atoms with Crippen LogP contribution in [0.3, 0.4) is 0 Å². The second kappa shape index (κ2) is 6.36. The van der Waals surface area contributed by atoms with Crippen molar-refractivity contribution >= 4 is 39.1 Å². The summed E-state index contributed by atoms with van der Waals surface area (Å²) < 4.78 is 13.9. The maximum absolute atomic E-state index is 12.9. The summed E-state index contributed by atoms with van der Waals surface area (Å²) in [7, 11) is 0. The van der Waals surface area contributed by atoms with Crippen LogP contribution in [0.25, 0.3) is 0 Å². The monoisotopic (exact) mass is 390 g/mol. The Balaban J connectivity index is 1.71. The Kier molecular flexibility index (Phi) is 4.41. The van der Waals surface area contributed by atoms with Gasteiger partial charge in [0.25, 0.3) is 0 Å². The van der Waals surface area contributed by atoms with Gasteiger partial charge in [-0.15, -0.1) is 0 Å². The average Bonchev–Trinajstić information content (AvgIpc) is 3.34. The number of benzene rings is 2. The van der Waals surface area contributed by atoms with Gasteiger partial charge in [-0.25, -0.2) is 4.39 Å². The number of carbonyl (C=O) groups excluding carboxylic acids is 2. The third-order valence-corrected chi connectivity index (χ3v) is 4.65. The molecule has 24 heavy (non-hydrogen) atoms. The number of halogens is 2. The topological polar surface area (TPSA) is 58.2 Å². The fourth-order valence-corrected chi connectivity index (χ4v) is 2.95. The Morgan fingerprint density at radius 2 is 1.67 bits per heavy atom. The lowest BCUT2D eigenvalue weighted by Crippen LogP contribution is -2.35. The van der Waals surface area contributed by atoms with Crippen molar-refractivity contribution in [1.29, 1.82) is 0 Å². The summed E-state index contributed by atoms with van der Waals surface area (Å²) in [6, 6.07) is 11.0. The fraction of sp³-hybridized carbons (Fsp3) is 0.222. The van der Waals surface area contributed by atoms with Gasteiger partial charge >= 0.3 is 0 Å². The third-order valence-electron chi connectivity index (χ3n) is 4.16. The number of nitrogens with one attached hydrogen (secondary N) is 2. The molecule has 6 heteroatoms. The number of carbonyl (C=O) groups is 2. The molecule has 2 aromatic rings. The van der Waals surface area contributed by atoms with Crippen molar-refractivity contribution in [2.45, 2.75) is 19.8 Å². The fourth-order valence-electron chi connectivity index (χ4n) is 2.48. The molecule has 124 valence electrons. The lowest BCUT2D eigenvalue weighted by Gasteiger charge is -2.16. The molecule has 4 nitrogen and oxygen atoms in total. The van der Waals surface area contributed by atoms with Gasteiger partial charge in [-0.2, -0.15) is 0 Å². The molecule has 3 rings (SSSR count). The molecular formula is C18H16BrFN2O2. The molecule has 1 aliphatic carbocycles. The van der Waals surface area contributed by atoms with Crippen LogP contribution in [0, 0.1) is 18.2 Å². The van der Waals surface area contributed by atoms with Crippen LogP contribution in [0.15, 0.2) is 46.9 Å². The highest BCUT2D eigenvalue weighted by Gasteiger charge is 2.56. The van der Waals surface area contributed by atoms with Crippen LogP contribution >= 0.6 is 15.9 Å². The highest BCUT2D eigenvalue weighted by Crippen LogP contribution is 2.47. The predicted octanol–water partition coefficient (Wildman–Crippen LogP) is 4.25. The molecule has 0 radical (unpaired) electrons. The summed E-state index contributed by atoms with van der Waals surface area (Å²) in [5.41, 5.74) is 1.02. The first-order chi connectivity index (χ1) is 11.4. The smallest absolute Gasteiger partial charge is 0.240 e. The van der Waals surface area contributed by atoms with Crippen LogP contribution in [0.2, 0.25) is 0 Å². The summed E-state index contributed by atoms with van der Waals surface area (Å²) in [6.07, 6.45) is 1.00. The lowest BCUT2D eigenvalue weighted by atomic mass is 10.0. The van der Waals surface area contributed by atoms with Gasteiger partial charge in [0.1, 0.15) is 11.2 Å². The van der Waals surface area contributed by atoms with Crippen molar-refractivity contribution in [3.8, 4) is 0 Å². The second-order valence-electron chi connectivity index (χ2n) is 5.96. The van der Waals surface area contributed by atoms with Crippen molar-refractivity contribution in [3.05, 3.63) is 58.3 Å². The number of hydrogen-bond donors (Lipinski definition) is 2.